The van der Waals surface area contributed by atoms with Crippen LogP contribution in [0.5, 0.6) is 0 Å². The predicted molar refractivity (Wildman–Crippen MR) is 182 cm³/mol. The van der Waals surface area contributed by atoms with E-state index in [1.54, 1.807) is 6.20 Å². The number of aromatic nitrogens is 3. The van der Waals surface area contributed by atoms with Crippen molar-refractivity contribution in [3.05, 3.63) is 95.0 Å². The molecule has 1 aromatic carbocycles. The Bertz CT molecular complexity index is 1410. The third-order valence-electron chi connectivity index (χ3n) is 8.69. The standard InChI is InChI=1S/C26H35N3O2.C11H18FN3/c1-17-7-10-22-20(13-17)8-9-21-14-18(2)15-27-23(21)24(22)29-12-11-28(16-19(29)3)25(30)31-26(4,5)6;1-3-5-7-14(4-2)8-6-11-9-13-10-15(11)12/h7,10,13-15,19,24H,8-9,11-12,16H2,1-6H3;4,9-10H,2-3,5-8H2,1H3. The summed E-state index contributed by atoms with van der Waals surface area (Å²) in [5.74, 6) is 0. The van der Waals surface area contributed by atoms with E-state index in [1.807, 2.05) is 38.1 Å². The summed E-state index contributed by atoms with van der Waals surface area (Å²) in [6.45, 7) is 22.0. The maximum atomic E-state index is 13.0. The number of hydrogen-bond acceptors (Lipinski definition) is 6. The molecule has 0 saturated carbocycles. The molecule has 0 radical (unpaired) electrons. The molecule has 1 aliphatic heterocycles. The van der Waals surface area contributed by atoms with Gasteiger partial charge in [0.25, 0.3) is 0 Å². The Balaban J connectivity index is 0.000000270. The van der Waals surface area contributed by atoms with Gasteiger partial charge in [-0.3, -0.25) is 9.88 Å². The highest BCUT2D eigenvalue weighted by atomic mass is 19.2. The van der Waals surface area contributed by atoms with Crippen molar-refractivity contribution >= 4 is 6.09 Å². The molecule has 2 unspecified atom stereocenters. The van der Waals surface area contributed by atoms with Gasteiger partial charge in [-0.05, 0) is 89.3 Å². The molecule has 2 aliphatic rings. The maximum absolute atomic E-state index is 13.0. The van der Waals surface area contributed by atoms with Crippen molar-refractivity contribution in [1.29, 1.82) is 0 Å². The third kappa shape index (κ3) is 9.18. The number of fused-ring (bicyclic) bond motifs is 2. The molecule has 0 N–H and O–H groups in total. The van der Waals surface area contributed by atoms with Crippen molar-refractivity contribution in [2.24, 2.45) is 0 Å². The number of rotatable bonds is 8. The summed E-state index contributed by atoms with van der Waals surface area (Å²) in [6, 6.07) is 9.46. The molecule has 5 rings (SSSR count). The van der Waals surface area contributed by atoms with Crippen LogP contribution in [0.4, 0.5) is 9.28 Å². The quantitative estimate of drug-likeness (QED) is 0.261. The number of carbonyl (C=O) groups excluding carboxylic acids is 1. The zero-order chi connectivity index (χ0) is 33.4. The average Bonchev–Trinajstić information content (AvgIpc) is 3.35. The highest BCUT2D eigenvalue weighted by Gasteiger charge is 2.37. The fourth-order valence-corrected chi connectivity index (χ4v) is 6.30. The van der Waals surface area contributed by atoms with Crippen LogP contribution in [0.25, 0.3) is 0 Å². The largest absolute Gasteiger partial charge is 0.444 e. The van der Waals surface area contributed by atoms with Crippen LogP contribution in [0.1, 0.15) is 92.7 Å². The normalized spacial score (nSPS) is 18.0. The van der Waals surface area contributed by atoms with Gasteiger partial charge in [0.05, 0.1) is 23.6 Å². The number of benzene rings is 1. The van der Waals surface area contributed by atoms with Crippen LogP contribution >= 0.6 is 0 Å². The van der Waals surface area contributed by atoms with Gasteiger partial charge in [0, 0.05) is 51.4 Å². The number of aryl methyl sites for hydroxylation is 4. The molecule has 9 heteroatoms. The van der Waals surface area contributed by atoms with Gasteiger partial charge in [-0.15, -0.1) is 0 Å². The highest BCUT2D eigenvalue weighted by Crippen LogP contribution is 2.38. The number of carbonyl (C=O) groups is 1. The molecule has 1 saturated heterocycles. The molecule has 1 aliphatic carbocycles. The first kappa shape index (κ1) is 35.1. The van der Waals surface area contributed by atoms with Crippen LogP contribution in [0.15, 0.2) is 55.8 Å². The minimum absolute atomic E-state index is 0.115. The lowest BCUT2D eigenvalue weighted by Gasteiger charge is -2.44. The smallest absolute Gasteiger partial charge is 0.410 e. The van der Waals surface area contributed by atoms with Crippen molar-refractivity contribution in [1.82, 2.24) is 29.5 Å². The van der Waals surface area contributed by atoms with Gasteiger partial charge >= 0.3 is 6.09 Å². The molecule has 250 valence electrons. The van der Waals surface area contributed by atoms with E-state index in [0.717, 1.165) is 45.3 Å². The summed E-state index contributed by atoms with van der Waals surface area (Å²) in [5, 5.41) is 0. The summed E-state index contributed by atoms with van der Waals surface area (Å²) in [7, 11) is 0. The molecular formula is C37H53FN6O2. The van der Waals surface area contributed by atoms with E-state index in [2.05, 4.69) is 73.3 Å². The monoisotopic (exact) mass is 632 g/mol. The van der Waals surface area contributed by atoms with Crippen LogP contribution in [0, 0.1) is 13.8 Å². The van der Waals surface area contributed by atoms with Gasteiger partial charge < -0.3 is 14.5 Å². The van der Waals surface area contributed by atoms with Crippen LogP contribution in [-0.4, -0.2) is 79.9 Å². The van der Waals surface area contributed by atoms with E-state index in [9.17, 15) is 9.28 Å². The summed E-state index contributed by atoms with van der Waals surface area (Å²) < 4.78 is 18.6. The van der Waals surface area contributed by atoms with Gasteiger partial charge in [0.1, 0.15) is 11.9 Å². The molecule has 2 aromatic heterocycles. The number of amides is 1. The number of nitrogens with zero attached hydrogens (tertiary/aromatic N) is 6. The molecule has 0 bridgehead atoms. The van der Waals surface area contributed by atoms with Crippen LogP contribution in [0.3, 0.4) is 0 Å². The molecule has 0 spiro atoms. The molecular weight excluding hydrogens is 579 g/mol. The van der Waals surface area contributed by atoms with Crippen molar-refractivity contribution < 1.29 is 14.0 Å². The summed E-state index contributed by atoms with van der Waals surface area (Å²) in [5.41, 5.74) is 7.94. The van der Waals surface area contributed by atoms with E-state index >= 15 is 0 Å². The Morgan fingerprint density at radius 1 is 1.11 bits per heavy atom. The van der Waals surface area contributed by atoms with Crippen LogP contribution in [0.2, 0.25) is 0 Å². The third-order valence-corrected chi connectivity index (χ3v) is 8.69. The van der Waals surface area contributed by atoms with E-state index in [4.69, 9.17) is 9.72 Å². The lowest BCUT2D eigenvalue weighted by molar-refractivity contribution is 0.000640. The second-order valence-electron chi connectivity index (χ2n) is 13.7. The lowest BCUT2D eigenvalue weighted by Crippen LogP contribution is -2.55. The highest BCUT2D eigenvalue weighted by molar-refractivity contribution is 5.68. The number of unbranched alkanes of at least 4 members (excludes halogenated alkanes) is 1. The van der Waals surface area contributed by atoms with Crippen molar-refractivity contribution in [2.75, 3.05) is 32.7 Å². The number of imidazole rings is 1. The SMILES string of the molecule is C=CN(CCCC)CCc1cncn1F.Cc1ccc2c(c1)CCc1cc(C)cnc1C2N1CCN(C(=O)OC(C)(C)C)CC1C. The molecule has 3 aromatic rings. The Kier molecular flexibility index (Phi) is 12.0. The van der Waals surface area contributed by atoms with Crippen LogP contribution < -0.4 is 0 Å². The molecule has 2 atom stereocenters. The van der Waals surface area contributed by atoms with E-state index < -0.39 is 5.60 Å². The first-order valence-electron chi connectivity index (χ1n) is 16.7. The second-order valence-corrected chi connectivity index (χ2v) is 13.7. The van der Waals surface area contributed by atoms with Gasteiger partial charge in [0.2, 0.25) is 0 Å². The minimum Gasteiger partial charge on any atom is -0.444 e. The number of halogens is 1. The second kappa shape index (κ2) is 15.7. The predicted octanol–water partition coefficient (Wildman–Crippen LogP) is 7.23. The number of pyridine rings is 1. The summed E-state index contributed by atoms with van der Waals surface area (Å²) >= 11 is 0. The molecule has 46 heavy (non-hydrogen) atoms. The van der Waals surface area contributed by atoms with Crippen molar-refractivity contribution in [2.45, 2.75) is 98.3 Å². The van der Waals surface area contributed by atoms with E-state index in [0.29, 0.717) is 30.0 Å². The molecule has 3 heterocycles. The Morgan fingerprint density at radius 3 is 2.50 bits per heavy atom. The summed E-state index contributed by atoms with van der Waals surface area (Å²) in [4.78, 5) is 28.4. The van der Waals surface area contributed by atoms with Crippen LogP contribution in [-0.2, 0) is 24.0 Å². The lowest BCUT2D eigenvalue weighted by atomic mass is 9.93. The Labute approximate surface area is 275 Å². The van der Waals surface area contributed by atoms with Gasteiger partial charge in [-0.1, -0.05) is 54.2 Å². The number of ether oxygens (including phenoxy) is 1. The minimum atomic E-state index is -0.476. The topological polar surface area (TPSA) is 66.7 Å². The van der Waals surface area contributed by atoms with Gasteiger partial charge in [0.15, 0.2) is 0 Å². The fourth-order valence-electron chi connectivity index (χ4n) is 6.30. The molecule has 1 fully saturated rings. The van der Waals surface area contributed by atoms with E-state index in [-0.39, 0.29) is 18.2 Å². The number of piperazine rings is 1. The maximum Gasteiger partial charge on any atom is 0.410 e. The van der Waals surface area contributed by atoms with E-state index in [1.165, 1.54) is 39.8 Å². The first-order chi connectivity index (χ1) is 21.9. The number of hydrogen-bond donors (Lipinski definition) is 0. The van der Waals surface area contributed by atoms with Crippen molar-refractivity contribution in [3.8, 4) is 0 Å². The van der Waals surface area contributed by atoms with Crippen molar-refractivity contribution in [3.63, 3.8) is 0 Å². The molecule has 8 nitrogen and oxygen atoms in total. The van der Waals surface area contributed by atoms with Gasteiger partial charge in [-0.2, -0.15) is 4.79 Å². The van der Waals surface area contributed by atoms with Gasteiger partial charge in [-0.25, -0.2) is 9.78 Å². The fraction of sp³-hybridized carbons (Fsp3) is 0.541. The summed E-state index contributed by atoms with van der Waals surface area (Å²) in [6.07, 6.45) is 11.3. The zero-order valence-corrected chi connectivity index (χ0v) is 28.9. The average molecular weight is 633 g/mol. The first-order valence-corrected chi connectivity index (χ1v) is 16.7. The Morgan fingerprint density at radius 2 is 1.85 bits per heavy atom. The zero-order valence-electron chi connectivity index (χ0n) is 28.9. The molecule has 1 amide bonds. The Hall–Kier alpha value is -3.72.